The first-order valence-corrected chi connectivity index (χ1v) is 6.92. The minimum atomic E-state index is -0.984. The number of hydrogen-bond donors (Lipinski definition) is 3. The molecule has 0 spiro atoms. The number of nitrogens with one attached hydrogen (secondary N) is 1. The second-order valence-corrected chi connectivity index (χ2v) is 5.38. The lowest BCUT2D eigenvalue weighted by atomic mass is 9.96. The lowest BCUT2D eigenvalue weighted by Gasteiger charge is -2.26. The van der Waals surface area contributed by atoms with Gasteiger partial charge in [-0.3, -0.25) is 4.79 Å². The van der Waals surface area contributed by atoms with E-state index in [1.165, 1.54) is 0 Å². The van der Waals surface area contributed by atoms with E-state index in [1.807, 2.05) is 37.3 Å². The lowest BCUT2D eigenvalue weighted by molar-refractivity contribution is -0.124. The van der Waals surface area contributed by atoms with Crippen molar-refractivity contribution in [3.05, 3.63) is 35.9 Å². The van der Waals surface area contributed by atoms with Crippen molar-refractivity contribution >= 4 is 5.91 Å². The number of benzene rings is 1. The smallest absolute Gasteiger partial charge is 0.237 e. The van der Waals surface area contributed by atoms with Gasteiger partial charge in [-0.05, 0) is 18.9 Å². The van der Waals surface area contributed by atoms with Gasteiger partial charge in [-0.1, -0.05) is 30.3 Å². The van der Waals surface area contributed by atoms with Gasteiger partial charge in [0, 0.05) is 19.6 Å². The molecule has 1 aromatic carbocycles. The highest BCUT2D eigenvalue weighted by Gasteiger charge is 2.39. The molecule has 1 aliphatic heterocycles. The van der Waals surface area contributed by atoms with Gasteiger partial charge >= 0.3 is 0 Å². The van der Waals surface area contributed by atoms with E-state index in [2.05, 4.69) is 5.32 Å². The van der Waals surface area contributed by atoms with Crippen LogP contribution in [0.15, 0.2) is 30.3 Å². The molecule has 1 aliphatic rings. The van der Waals surface area contributed by atoms with Crippen LogP contribution >= 0.6 is 0 Å². The van der Waals surface area contributed by atoms with Crippen molar-refractivity contribution < 1.29 is 14.6 Å². The summed E-state index contributed by atoms with van der Waals surface area (Å²) < 4.78 is 5.32. The number of carbonyl (C=O) groups excluding carboxylic acids is 1. The third kappa shape index (κ3) is 3.56. The molecule has 2 rings (SSSR count). The average molecular weight is 278 g/mol. The molecule has 20 heavy (non-hydrogen) atoms. The minimum Gasteiger partial charge on any atom is -0.385 e. The highest BCUT2D eigenvalue weighted by atomic mass is 16.5. The Morgan fingerprint density at radius 3 is 2.85 bits per heavy atom. The van der Waals surface area contributed by atoms with Gasteiger partial charge in [-0.2, -0.15) is 0 Å². The maximum absolute atomic E-state index is 12.0. The quantitative estimate of drug-likeness (QED) is 0.719. The number of hydrogen-bond acceptors (Lipinski definition) is 4. The van der Waals surface area contributed by atoms with E-state index in [9.17, 15) is 9.90 Å². The Kier molecular flexibility index (Phi) is 4.75. The van der Waals surface area contributed by atoms with Crippen LogP contribution in [0.4, 0.5) is 0 Å². The Hall–Kier alpha value is -1.43. The third-order valence-corrected chi connectivity index (χ3v) is 3.86. The molecule has 1 heterocycles. The van der Waals surface area contributed by atoms with Crippen LogP contribution < -0.4 is 11.1 Å². The fourth-order valence-corrected chi connectivity index (χ4v) is 2.33. The van der Waals surface area contributed by atoms with E-state index >= 15 is 0 Å². The summed E-state index contributed by atoms with van der Waals surface area (Å²) >= 11 is 0. The zero-order chi connectivity index (χ0) is 14.6. The monoisotopic (exact) mass is 278 g/mol. The van der Waals surface area contributed by atoms with Gasteiger partial charge in [0.25, 0.3) is 0 Å². The molecule has 1 amide bonds. The molecule has 3 atom stereocenters. The highest BCUT2D eigenvalue weighted by Crippen LogP contribution is 2.24. The summed E-state index contributed by atoms with van der Waals surface area (Å²) in [4.78, 5) is 12.0. The zero-order valence-corrected chi connectivity index (χ0v) is 11.7. The minimum absolute atomic E-state index is 0.176. The van der Waals surface area contributed by atoms with Gasteiger partial charge in [0.2, 0.25) is 5.91 Å². The van der Waals surface area contributed by atoms with Crippen molar-refractivity contribution in [3.8, 4) is 0 Å². The number of nitrogens with two attached hydrogens (primary N) is 1. The molecule has 0 aromatic heterocycles. The molecule has 5 nitrogen and oxygen atoms in total. The van der Waals surface area contributed by atoms with Crippen molar-refractivity contribution in [1.29, 1.82) is 0 Å². The lowest BCUT2D eigenvalue weighted by Crippen LogP contribution is -2.51. The summed E-state index contributed by atoms with van der Waals surface area (Å²) in [6, 6.07) is 9.02. The molecule has 1 saturated heterocycles. The molecule has 0 radical (unpaired) electrons. The summed E-state index contributed by atoms with van der Waals surface area (Å²) in [7, 11) is 0. The molecule has 0 saturated carbocycles. The normalized spacial score (nSPS) is 27.2. The molecule has 1 fully saturated rings. The SMILES string of the molecule is CC1OCCC1(O)CNC(=O)C(N)Cc1ccccc1. The molecule has 5 heteroatoms. The van der Waals surface area contributed by atoms with Gasteiger partial charge in [0.15, 0.2) is 0 Å². The largest absolute Gasteiger partial charge is 0.385 e. The second kappa shape index (κ2) is 6.35. The Labute approximate surface area is 119 Å². The Morgan fingerprint density at radius 1 is 1.55 bits per heavy atom. The topological polar surface area (TPSA) is 84.6 Å². The number of rotatable bonds is 5. The van der Waals surface area contributed by atoms with Crippen LogP contribution in [0.1, 0.15) is 18.9 Å². The molecule has 110 valence electrons. The highest BCUT2D eigenvalue weighted by molar-refractivity contribution is 5.81. The number of carbonyl (C=O) groups is 1. The van der Waals surface area contributed by atoms with E-state index in [0.29, 0.717) is 19.4 Å². The summed E-state index contributed by atoms with van der Waals surface area (Å²) in [6.07, 6.45) is 0.743. The van der Waals surface area contributed by atoms with Crippen molar-refractivity contribution in [2.24, 2.45) is 5.73 Å². The standard InChI is InChI=1S/C15H22N2O3/c1-11-15(19,7-8-20-11)10-17-14(18)13(16)9-12-5-3-2-4-6-12/h2-6,11,13,19H,7-10,16H2,1H3,(H,17,18). The van der Waals surface area contributed by atoms with Crippen LogP contribution in [-0.2, 0) is 16.0 Å². The van der Waals surface area contributed by atoms with E-state index in [1.54, 1.807) is 0 Å². The van der Waals surface area contributed by atoms with Crippen LogP contribution in [0, 0.1) is 0 Å². The van der Waals surface area contributed by atoms with E-state index in [-0.39, 0.29) is 18.6 Å². The van der Waals surface area contributed by atoms with Crippen molar-refractivity contribution in [3.63, 3.8) is 0 Å². The molecule has 1 aromatic rings. The predicted octanol–water partition coefficient (Wildman–Crippen LogP) is 0.213. The molecular formula is C15H22N2O3. The van der Waals surface area contributed by atoms with Crippen LogP contribution in [0.25, 0.3) is 0 Å². The number of aliphatic hydroxyl groups is 1. The van der Waals surface area contributed by atoms with E-state index in [4.69, 9.17) is 10.5 Å². The summed E-state index contributed by atoms with van der Waals surface area (Å²) in [6.45, 7) is 2.50. The average Bonchev–Trinajstić information content (AvgIpc) is 2.77. The molecular weight excluding hydrogens is 256 g/mol. The van der Waals surface area contributed by atoms with Crippen molar-refractivity contribution in [2.75, 3.05) is 13.2 Å². The van der Waals surface area contributed by atoms with Gasteiger partial charge in [-0.15, -0.1) is 0 Å². The van der Waals surface area contributed by atoms with Gasteiger partial charge < -0.3 is 20.9 Å². The summed E-state index contributed by atoms with van der Waals surface area (Å²) in [5.41, 5.74) is 5.92. The molecule has 0 bridgehead atoms. The van der Waals surface area contributed by atoms with Crippen LogP contribution in [0.5, 0.6) is 0 Å². The second-order valence-electron chi connectivity index (χ2n) is 5.38. The van der Waals surface area contributed by atoms with Crippen LogP contribution in [0.3, 0.4) is 0 Å². The van der Waals surface area contributed by atoms with Gasteiger partial charge in [-0.25, -0.2) is 0 Å². The third-order valence-electron chi connectivity index (χ3n) is 3.86. The number of ether oxygens (including phenoxy) is 1. The Morgan fingerprint density at radius 2 is 2.25 bits per heavy atom. The first-order valence-electron chi connectivity index (χ1n) is 6.92. The first kappa shape index (κ1) is 15.0. The first-order chi connectivity index (χ1) is 9.51. The Bertz CT molecular complexity index is 452. The van der Waals surface area contributed by atoms with E-state index in [0.717, 1.165) is 5.56 Å². The maximum atomic E-state index is 12.0. The fourth-order valence-electron chi connectivity index (χ4n) is 2.33. The van der Waals surface area contributed by atoms with Gasteiger partial charge in [0.1, 0.15) is 5.60 Å². The summed E-state index contributed by atoms with van der Waals surface area (Å²) in [5, 5.41) is 13.0. The van der Waals surface area contributed by atoms with Gasteiger partial charge in [0.05, 0.1) is 12.1 Å². The summed E-state index contributed by atoms with van der Waals surface area (Å²) in [5.74, 6) is -0.249. The Balaban J connectivity index is 1.82. The van der Waals surface area contributed by atoms with E-state index < -0.39 is 11.6 Å². The zero-order valence-electron chi connectivity index (χ0n) is 11.7. The fraction of sp³-hybridized carbons (Fsp3) is 0.533. The molecule has 4 N–H and O–H groups in total. The molecule has 3 unspecified atom stereocenters. The van der Waals surface area contributed by atoms with Crippen molar-refractivity contribution in [2.45, 2.75) is 37.5 Å². The van der Waals surface area contributed by atoms with Crippen LogP contribution in [0.2, 0.25) is 0 Å². The molecule has 0 aliphatic carbocycles. The van der Waals surface area contributed by atoms with Crippen LogP contribution in [-0.4, -0.2) is 41.9 Å². The maximum Gasteiger partial charge on any atom is 0.237 e. The predicted molar refractivity (Wildman–Crippen MR) is 76.1 cm³/mol. The number of amides is 1. The van der Waals surface area contributed by atoms with Crippen molar-refractivity contribution in [1.82, 2.24) is 5.32 Å².